The van der Waals surface area contributed by atoms with E-state index >= 15 is 0 Å². The average molecular weight is 396 g/mol. The molecule has 1 nitrogen and oxygen atoms in total. The number of halogens is 3. The smallest absolute Gasteiger partial charge is 0.123 e. The number of benzene rings is 1. The van der Waals surface area contributed by atoms with E-state index in [0.29, 0.717) is 0 Å². The molecule has 0 spiro atoms. The van der Waals surface area contributed by atoms with Crippen LogP contribution in [0.5, 0.6) is 0 Å². The van der Waals surface area contributed by atoms with Gasteiger partial charge in [0.15, 0.2) is 0 Å². The first-order valence-corrected chi connectivity index (χ1v) is 8.56. The van der Waals surface area contributed by atoms with Crippen molar-refractivity contribution in [3.05, 3.63) is 35.6 Å². The Morgan fingerprint density at radius 2 is 1.58 bits per heavy atom. The summed E-state index contributed by atoms with van der Waals surface area (Å²) in [5.74, 6) is -0.195. The molecule has 0 saturated carbocycles. The quantitative estimate of drug-likeness (QED) is 0.586. The fraction of sp³-hybridized carbons (Fsp3) is 0.600. The van der Waals surface area contributed by atoms with Crippen molar-refractivity contribution in [2.45, 2.75) is 37.7 Å². The van der Waals surface area contributed by atoms with Crippen molar-refractivity contribution in [1.82, 2.24) is 0 Å². The zero-order valence-corrected chi connectivity index (χ0v) is 14.9. The van der Waals surface area contributed by atoms with Crippen LogP contribution in [0.3, 0.4) is 0 Å². The Balaban J connectivity index is 2.94. The van der Waals surface area contributed by atoms with Crippen LogP contribution < -0.4 is 0 Å². The average Bonchev–Trinajstić information content (AvgIpc) is 2.42. The number of ether oxygens (including phenoxy) is 1. The van der Waals surface area contributed by atoms with Crippen LogP contribution in [0.25, 0.3) is 0 Å². The van der Waals surface area contributed by atoms with E-state index in [4.69, 9.17) is 4.74 Å². The molecule has 0 heterocycles. The molecular formula is C15H21Br2FO. The van der Waals surface area contributed by atoms with Crippen LogP contribution in [0.2, 0.25) is 0 Å². The predicted molar refractivity (Wildman–Crippen MR) is 86.0 cm³/mol. The molecule has 0 aliphatic carbocycles. The molecule has 0 N–H and O–H groups in total. The van der Waals surface area contributed by atoms with E-state index in [0.717, 1.165) is 29.1 Å². The Bertz CT molecular complexity index is 386. The maximum Gasteiger partial charge on any atom is 0.123 e. The largest absolute Gasteiger partial charge is 0.379 e. The highest BCUT2D eigenvalue weighted by Crippen LogP contribution is 2.36. The molecule has 0 bridgehead atoms. The highest BCUT2D eigenvalue weighted by molar-refractivity contribution is 9.09. The van der Waals surface area contributed by atoms with Gasteiger partial charge in [-0.05, 0) is 44.4 Å². The van der Waals surface area contributed by atoms with Gasteiger partial charge in [-0.1, -0.05) is 44.0 Å². The third kappa shape index (κ3) is 4.54. The molecule has 1 rings (SSSR count). The van der Waals surface area contributed by atoms with Crippen molar-refractivity contribution in [2.24, 2.45) is 0 Å². The lowest BCUT2D eigenvalue weighted by Crippen LogP contribution is -2.34. The van der Waals surface area contributed by atoms with Crippen molar-refractivity contribution in [3.8, 4) is 0 Å². The minimum atomic E-state index is -0.195. The number of hydrogen-bond donors (Lipinski definition) is 0. The van der Waals surface area contributed by atoms with Crippen LogP contribution in [0.1, 0.15) is 32.3 Å². The number of hydrogen-bond acceptors (Lipinski definition) is 1. The van der Waals surface area contributed by atoms with Crippen LogP contribution in [0.4, 0.5) is 4.39 Å². The normalized spacial score (nSPS) is 12.7. The van der Waals surface area contributed by atoms with Crippen LogP contribution in [0, 0.1) is 5.82 Å². The monoisotopic (exact) mass is 394 g/mol. The van der Waals surface area contributed by atoms with Gasteiger partial charge in [-0.15, -0.1) is 0 Å². The summed E-state index contributed by atoms with van der Waals surface area (Å²) in [5, 5.41) is 1.66. The van der Waals surface area contributed by atoms with Crippen molar-refractivity contribution in [3.63, 3.8) is 0 Å². The zero-order chi connectivity index (χ0) is 14.5. The number of rotatable bonds is 7. The standard InChI is InChI=1S/C15H21Br2FO/c1-14(2,19-3)8-9-15(10-16,11-17)12-4-6-13(18)7-5-12/h4-7H,8-11H2,1-3H3. The lowest BCUT2D eigenvalue weighted by molar-refractivity contribution is 0.0102. The van der Waals surface area contributed by atoms with Crippen LogP contribution >= 0.6 is 31.9 Å². The van der Waals surface area contributed by atoms with E-state index in [1.807, 2.05) is 12.1 Å². The van der Waals surface area contributed by atoms with Gasteiger partial charge in [0.05, 0.1) is 5.60 Å². The van der Waals surface area contributed by atoms with E-state index in [1.54, 1.807) is 7.11 Å². The Morgan fingerprint density at radius 1 is 1.05 bits per heavy atom. The molecule has 0 saturated heterocycles. The Hall–Kier alpha value is 0.0700. The van der Waals surface area contributed by atoms with Gasteiger partial charge in [0.1, 0.15) is 5.82 Å². The topological polar surface area (TPSA) is 9.23 Å². The van der Waals surface area contributed by atoms with Gasteiger partial charge >= 0.3 is 0 Å². The van der Waals surface area contributed by atoms with Crippen LogP contribution in [-0.2, 0) is 10.2 Å². The maximum absolute atomic E-state index is 13.1. The summed E-state index contributed by atoms with van der Waals surface area (Å²) >= 11 is 7.23. The highest BCUT2D eigenvalue weighted by atomic mass is 79.9. The van der Waals surface area contributed by atoms with Gasteiger partial charge in [0.25, 0.3) is 0 Å². The predicted octanol–water partition coefficient (Wildman–Crippen LogP) is 5.06. The fourth-order valence-electron chi connectivity index (χ4n) is 1.91. The summed E-state index contributed by atoms with van der Waals surface area (Å²) < 4.78 is 18.6. The lowest BCUT2D eigenvalue weighted by Gasteiger charge is -2.34. The van der Waals surface area contributed by atoms with Gasteiger partial charge < -0.3 is 4.74 Å². The molecule has 0 aromatic heterocycles. The molecule has 1 aromatic rings. The van der Waals surface area contributed by atoms with E-state index < -0.39 is 0 Å². The Labute approximate surface area is 132 Å². The molecule has 0 aliphatic rings. The number of methoxy groups -OCH3 is 1. The van der Waals surface area contributed by atoms with Crippen molar-refractivity contribution >= 4 is 31.9 Å². The summed E-state index contributed by atoms with van der Waals surface area (Å²) in [6.45, 7) is 4.18. The third-order valence-corrected chi connectivity index (χ3v) is 5.87. The maximum atomic E-state index is 13.1. The summed E-state index contributed by atoms with van der Waals surface area (Å²) in [4.78, 5) is 0. The molecule has 4 heteroatoms. The second-order valence-corrected chi connectivity index (χ2v) is 6.64. The first kappa shape index (κ1) is 17.1. The first-order valence-electron chi connectivity index (χ1n) is 6.32. The molecule has 108 valence electrons. The fourth-order valence-corrected chi connectivity index (χ4v) is 4.05. The van der Waals surface area contributed by atoms with Gasteiger partial charge in [-0.2, -0.15) is 0 Å². The molecule has 0 unspecified atom stereocenters. The molecule has 0 radical (unpaired) electrons. The van der Waals surface area contributed by atoms with Crippen LogP contribution in [0.15, 0.2) is 24.3 Å². The van der Waals surface area contributed by atoms with Gasteiger partial charge in [0.2, 0.25) is 0 Å². The molecule has 19 heavy (non-hydrogen) atoms. The third-order valence-electron chi connectivity index (χ3n) is 3.73. The summed E-state index contributed by atoms with van der Waals surface area (Å²) in [6.07, 6.45) is 1.91. The highest BCUT2D eigenvalue weighted by Gasteiger charge is 2.32. The Morgan fingerprint density at radius 3 is 2.00 bits per heavy atom. The molecule has 0 atom stereocenters. The minimum Gasteiger partial charge on any atom is -0.379 e. The van der Waals surface area contributed by atoms with Gasteiger partial charge in [0, 0.05) is 23.2 Å². The van der Waals surface area contributed by atoms with E-state index in [9.17, 15) is 4.39 Å². The SMILES string of the molecule is COC(C)(C)CCC(CBr)(CBr)c1ccc(F)cc1. The lowest BCUT2D eigenvalue weighted by atomic mass is 9.78. The van der Waals surface area contributed by atoms with E-state index in [1.165, 1.54) is 12.1 Å². The molecule has 1 aromatic carbocycles. The molecule has 0 fully saturated rings. The summed E-state index contributed by atoms with van der Waals surface area (Å²) in [7, 11) is 1.74. The second kappa shape index (κ2) is 7.19. The number of alkyl halides is 2. The van der Waals surface area contributed by atoms with Crippen molar-refractivity contribution in [2.75, 3.05) is 17.8 Å². The van der Waals surface area contributed by atoms with Gasteiger partial charge in [-0.3, -0.25) is 0 Å². The van der Waals surface area contributed by atoms with Crippen molar-refractivity contribution in [1.29, 1.82) is 0 Å². The van der Waals surface area contributed by atoms with E-state index in [2.05, 4.69) is 45.7 Å². The molecule has 0 amide bonds. The Kier molecular flexibility index (Phi) is 6.48. The minimum absolute atomic E-state index is 0.0382. The summed E-state index contributed by atoms with van der Waals surface area (Å²) in [5.41, 5.74) is 0.966. The van der Waals surface area contributed by atoms with Crippen molar-refractivity contribution < 1.29 is 9.13 Å². The van der Waals surface area contributed by atoms with Crippen LogP contribution in [-0.4, -0.2) is 23.4 Å². The first-order chi connectivity index (χ1) is 8.89. The second-order valence-electron chi connectivity index (χ2n) is 5.52. The molecule has 0 aliphatic heterocycles. The molecular weight excluding hydrogens is 375 g/mol. The van der Waals surface area contributed by atoms with Gasteiger partial charge in [-0.25, -0.2) is 4.39 Å². The summed E-state index contributed by atoms with van der Waals surface area (Å²) in [6, 6.07) is 6.79. The zero-order valence-electron chi connectivity index (χ0n) is 11.7. The van der Waals surface area contributed by atoms with E-state index in [-0.39, 0.29) is 16.8 Å².